The predicted octanol–water partition coefficient (Wildman–Crippen LogP) is 4.60. The van der Waals surface area contributed by atoms with Gasteiger partial charge in [-0.25, -0.2) is 9.97 Å². The monoisotopic (exact) mass is 520 g/mol. The van der Waals surface area contributed by atoms with Crippen LogP contribution in [0.4, 0.5) is 5.95 Å². The van der Waals surface area contributed by atoms with E-state index in [-0.39, 0.29) is 23.9 Å². The number of imidazole rings is 1. The number of anilines is 1. The number of morpholine rings is 1. The number of piperidine rings is 1. The quantitative estimate of drug-likeness (QED) is 0.389. The van der Waals surface area contributed by atoms with E-state index in [1.54, 1.807) is 6.20 Å². The van der Waals surface area contributed by atoms with Crippen LogP contribution in [-0.4, -0.2) is 80.8 Å². The number of likely N-dealkylation sites (tertiary alicyclic amines) is 1. The molecule has 0 N–H and O–H groups in total. The standard InChI is InChI=1S/C28H40N8O2/c1-18(2)30-14-23(29-7)24-25-26(33-27(32-24)35-15-21-8-9-22(16-35)37-21)36(17-31-25)20-10-12-34(13-11-20)19(3)38-28(4,5)6/h14,17,20-22H,3,7-13,15-16H2,1-2,4-6H3. The first kappa shape index (κ1) is 26.3. The lowest BCUT2D eigenvalue weighted by atomic mass is 10.0. The molecule has 0 spiro atoms. The Morgan fingerprint density at radius 2 is 1.79 bits per heavy atom. The Kier molecular flexibility index (Phi) is 7.26. The van der Waals surface area contributed by atoms with Crippen LogP contribution in [-0.2, 0) is 9.47 Å². The molecule has 5 rings (SSSR count). The Labute approximate surface area is 225 Å². The van der Waals surface area contributed by atoms with Crippen LogP contribution in [0.2, 0.25) is 0 Å². The number of rotatable bonds is 7. The molecule has 0 saturated carbocycles. The summed E-state index contributed by atoms with van der Waals surface area (Å²) in [4.78, 5) is 28.1. The van der Waals surface area contributed by atoms with Gasteiger partial charge in [-0.2, -0.15) is 4.98 Å². The van der Waals surface area contributed by atoms with Crippen molar-refractivity contribution in [2.75, 3.05) is 31.1 Å². The fraction of sp³-hybridized carbons (Fsp3) is 0.607. The molecule has 3 fully saturated rings. The average molecular weight is 521 g/mol. The fourth-order valence-corrected chi connectivity index (χ4v) is 5.45. The molecule has 2 bridgehead atoms. The van der Waals surface area contributed by atoms with E-state index in [9.17, 15) is 0 Å². The molecule has 10 heteroatoms. The molecule has 0 amide bonds. The second-order valence-corrected chi connectivity index (χ2v) is 11.6. The lowest BCUT2D eigenvalue weighted by Crippen LogP contribution is -2.43. The molecule has 3 aliphatic heterocycles. The van der Waals surface area contributed by atoms with Crippen LogP contribution in [0.15, 0.2) is 35.0 Å². The number of hydrogen-bond donors (Lipinski definition) is 0. The minimum atomic E-state index is -0.262. The smallest absolute Gasteiger partial charge is 0.228 e. The summed E-state index contributed by atoms with van der Waals surface area (Å²) >= 11 is 0. The van der Waals surface area contributed by atoms with Crippen LogP contribution < -0.4 is 4.90 Å². The van der Waals surface area contributed by atoms with Crippen molar-refractivity contribution in [1.82, 2.24) is 24.4 Å². The van der Waals surface area contributed by atoms with Gasteiger partial charge in [0.25, 0.3) is 0 Å². The average Bonchev–Trinajstić information content (AvgIpc) is 3.45. The number of ether oxygens (including phenoxy) is 2. The maximum atomic E-state index is 6.07. The third-order valence-corrected chi connectivity index (χ3v) is 7.23. The number of nitrogens with zero attached hydrogens (tertiary/aromatic N) is 8. The normalized spacial score (nSPS) is 22.6. The van der Waals surface area contributed by atoms with Crippen LogP contribution >= 0.6 is 0 Å². The van der Waals surface area contributed by atoms with Gasteiger partial charge in [-0.15, -0.1) is 0 Å². The summed E-state index contributed by atoms with van der Waals surface area (Å²) in [6.07, 6.45) is 8.12. The second-order valence-electron chi connectivity index (χ2n) is 11.6. The van der Waals surface area contributed by atoms with Crippen LogP contribution in [0.1, 0.15) is 72.0 Å². The summed E-state index contributed by atoms with van der Waals surface area (Å²) in [5.74, 6) is 1.42. The topological polar surface area (TPSA) is 93.3 Å². The third-order valence-electron chi connectivity index (χ3n) is 7.23. The summed E-state index contributed by atoms with van der Waals surface area (Å²) in [6.45, 7) is 21.3. The van der Waals surface area contributed by atoms with Gasteiger partial charge in [0.1, 0.15) is 22.5 Å². The number of hydrogen-bond acceptors (Lipinski definition) is 9. The van der Waals surface area contributed by atoms with Crippen LogP contribution in [0.3, 0.4) is 0 Å². The zero-order chi connectivity index (χ0) is 27.0. The van der Waals surface area contributed by atoms with Gasteiger partial charge in [0.05, 0.1) is 24.7 Å². The Bertz CT molecular complexity index is 1250. The highest BCUT2D eigenvalue weighted by molar-refractivity contribution is 5.88. The first-order valence-electron chi connectivity index (χ1n) is 13.6. The molecule has 2 aromatic rings. The van der Waals surface area contributed by atoms with Gasteiger partial charge >= 0.3 is 0 Å². The molecular weight excluding hydrogens is 480 g/mol. The zero-order valence-corrected chi connectivity index (χ0v) is 23.4. The second kappa shape index (κ2) is 10.5. The van der Waals surface area contributed by atoms with E-state index >= 15 is 0 Å². The van der Waals surface area contributed by atoms with Crippen molar-refractivity contribution in [1.29, 1.82) is 0 Å². The third kappa shape index (κ3) is 5.60. The van der Waals surface area contributed by atoms with Crippen molar-refractivity contribution >= 4 is 35.2 Å². The van der Waals surface area contributed by atoms with Gasteiger partial charge in [0, 0.05) is 37.9 Å². The summed E-state index contributed by atoms with van der Waals surface area (Å²) in [7, 11) is 0. The van der Waals surface area contributed by atoms with E-state index in [0.29, 0.717) is 17.3 Å². The highest BCUT2D eigenvalue weighted by Crippen LogP contribution is 2.33. The Morgan fingerprint density at radius 3 is 2.39 bits per heavy atom. The minimum absolute atomic E-state index is 0.231. The molecule has 2 unspecified atom stereocenters. The van der Waals surface area contributed by atoms with Crippen LogP contribution in [0.25, 0.3) is 16.9 Å². The first-order valence-corrected chi connectivity index (χ1v) is 13.6. The van der Waals surface area contributed by atoms with E-state index in [1.807, 2.05) is 40.9 Å². The summed E-state index contributed by atoms with van der Waals surface area (Å²) in [6, 6.07) is 0.259. The molecule has 0 radical (unpaired) electrons. The zero-order valence-electron chi connectivity index (χ0n) is 23.4. The molecule has 0 aromatic carbocycles. The van der Waals surface area contributed by atoms with E-state index in [2.05, 4.69) is 37.6 Å². The molecule has 204 valence electrons. The van der Waals surface area contributed by atoms with Crippen molar-refractivity contribution in [3.63, 3.8) is 0 Å². The van der Waals surface area contributed by atoms with Crippen molar-refractivity contribution in [2.24, 2.45) is 9.98 Å². The highest BCUT2D eigenvalue weighted by atomic mass is 16.5. The van der Waals surface area contributed by atoms with Crippen molar-refractivity contribution in [3.8, 4) is 0 Å². The largest absolute Gasteiger partial charge is 0.474 e. The van der Waals surface area contributed by atoms with Gasteiger partial charge in [-0.1, -0.05) is 0 Å². The molecule has 5 heterocycles. The molecule has 38 heavy (non-hydrogen) atoms. The van der Waals surface area contributed by atoms with Crippen molar-refractivity contribution in [3.05, 3.63) is 30.7 Å². The lowest BCUT2D eigenvalue weighted by Gasteiger charge is -2.37. The van der Waals surface area contributed by atoms with E-state index in [1.165, 1.54) is 0 Å². The van der Waals surface area contributed by atoms with Gasteiger partial charge < -0.3 is 23.8 Å². The number of aromatic nitrogens is 4. The van der Waals surface area contributed by atoms with E-state index in [0.717, 1.165) is 74.6 Å². The Hall–Kier alpha value is -3.27. The van der Waals surface area contributed by atoms with Gasteiger partial charge in [0.2, 0.25) is 5.95 Å². The van der Waals surface area contributed by atoms with Gasteiger partial charge in [-0.05, 0) is 73.6 Å². The molecule has 0 aliphatic carbocycles. The van der Waals surface area contributed by atoms with Crippen molar-refractivity contribution in [2.45, 2.75) is 84.2 Å². The minimum Gasteiger partial charge on any atom is -0.474 e. The Morgan fingerprint density at radius 1 is 1.11 bits per heavy atom. The predicted molar refractivity (Wildman–Crippen MR) is 152 cm³/mol. The molecule has 2 atom stereocenters. The summed E-state index contributed by atoms with van der Waals surface area (Å²) in [5.41, 5.74) is 3.45. The molecule has 3 saturated heterocycles. The van der Waals surface area contributed by atoms with Crippen molar-refractivity contribution < 1.29 is 9.47 Å². The first-order chi connectivity index (χ1) is 18.1. The maximum absolute atomic E-state index is 6.07. The van der Waals surface area contributed by atoms with Gasteiger partial charge in [0.15, 0.2) is 11.5 Å². The number of aliphatic imine (C=N–C) groups is 2. The molecule has 2 aromatic heterocycles. The molecule has 10 nitrogen and oxygen atoms in total. The fourth-order valence-electron chi connectivity index (χ4n) is 5.45. The Balaban J connectivity index is 1.48. The summed E-state index contributed by atoms with van der Waals surface area (Å²) in [5, 5.41) is 0. The summed E-state index contributed by atoms with van der Waals surface area (Å²) < 4.78 is 14.3. The van der Waals surface area contributed by atoms with Crippen LogP contribution in [0, 0.1) is 0 Å². The maximum Gasteiger partial charge on any atom is 0.228 e. The highest BCUT2D eigenvalue weighted by Gasteiger charge is 2.35. The van der Waals surface area contributed by atoms with Gasteiger partial charge in [-0.3, -0.25) is 9.98 Å². The molecule has 3 aliphatic rings. The lowest BCUT2D eigenvalue weighted by molar-refractivity contribution is -0.00478. The SMILES string of the molecule is C=NC(=CN=C(C)C)c1nc(N2CC3CCC(C2)O3)nc2c1ncn2C1CCN(C(=C)OC(C)(C)C)CC1. The van der Waals surface area contributed by atoms with Crippen LogP contribution in [0.5, 0.6) is 0 Å². The number of fused-ring (bicyclic) bond motifs is 3. The van der Waals surface area contributed by atoms with E-state index in [4.69, 9.17) is 24.4 Å². The van der Waals surface area contributed by atoms with E-state index < -0.39 is 0 Å². The molecular formula is C28H40N8O2.